The third kappa shape index (κ3) is 11.7. The van der Waals surface area contributed by atoms with Gasteiger partial charge >= 0.3 is 23.9 Å². The molecule has 0 heterocycles. The van der Waals surface area contributed by atoms with Gasteiger partial charge in [-0.05, 0) is 56.4 Å². The lowest BCUT2D eigenvalue weighted by molar-refractivity contribution is -0.159. The van der Waals surface area contributed by atoms with E-state index >= 15 is 0 Å². The minimum absolute atomic E-state index is 0.113. The lowest BCUT2D eigenvalue weighted by Crippen LogP contribution is -2.70. The average molecular weight is 571 g/mol. The van der Waals surface area contributed by atoms with Gasteiger partial charge in [0, 0.05) is 17.4 Å². The summed E-state index contributed by atoms with van der Waals surface area (Å²) in [6.07, 6.45) is 0.394. The van der Waals surface area contributed by atoms with E-state index in [1.165, 1.54) is 0 Å². The van der Waals surface area contributed by atoms with Gasteiger partial charge in [-0.15, -0.1) is 0 Å². The summed E-state index contributed by atoms with van der Waals surface area (Å²) in [7, 11) is 0. The second kappa shape index (κ2) is 14.7. The predicted octanol–water partition coefficient (Wildman–Crippen LogP) is 3.60. The first-order valence-electron chi connectivity index (χ1n) is 13.1. The van der Waals surface area contributed by atoms with E-state index in [9.17, 15) is 34.2 Å². The van der Waals surface area contributed by atoms with Crippen molar-refractivity contribution in [2.45, 2.75) is 105 Å². The van der Waals surface area contributed by atoms with E-state index in [0.29, 0.717) is 12.8 Å². The Kier molecular flexibility index (Phi) is 13.4. The van der Waals surface area contributed by atoms with E-state index in [1.807, 2.05) is 0 Å². The SMILES string of the molecule is CC(C)(C)OC(=O)[C@H](CCCCNC(=O)CN=[N+]=[N-])NC(=O)N[C@@](C(=O)O)(C(CC(=O)O)C(C)(C)C)C(C)(C)C. The highest BCUT2D eigenvalue weighted by Crippen LogP contribution is 2.46. The van der Waals surface area contributed by atoms with Crippen LogP contribution in [0, 0.1) is 16.7 Å². The molecule has 228 valence electrons. The van der Waals surface area contributed by atoms with Crippen LogP contribution in [0.15, 0.2) is 5.11 Å². The molecule has 0 aliphatic carbocycles. The van der Waals surface area contributed by atoms with Crippen molar-refractivity contribution in [3.63, 3.8) is 0 Å². The fourth-order valence-electron chi connectivity index (χ4n) is 4.45. The molecule has 0 radical (unpaired) electrons. The molecule has 40 heavy (non-hydrogen) atoms. The maximum atomic E-state index is 13.3. The number of ether oxygens (including phenoxy) is 1. The summed E-state index contributed by atoms with van der Waals surface area (Å²) in [6, 6.07) is -2.12. The Balaban J connectivity index is 6.03. The van der Waals surface area contributed by atoms with Gasteiger partial charge in [0.25, 0.3) is 0 Å². The van der Waals surface area contributed by atoms with E-state index in [1.54, 1.807) is 62.3 Å². The molecule has 0 saturated heterocycles. The van der Waals surface area contributed by atoms with Gasteiger partial charge in [0.2, 0.25) is 5.91 Å². The first-order valence-corrected chi connectivity index (χ1v) is 13.1. The Morgan fingerprint density at radius 1 is 0.950 bits per heavy atom. The van der Waals surface area contributed by atoms with Crippen molar-refractivity contribution in [2.75, 3.05) is 13.1 Å². The first-order chi connectivity index (χ1) is 18.1. The van der Waals surface area contributed by atoms with Gasteiger partial charge in [0.1, 0.15) is 23.7 Å². The molecule has 0 aromatic carbocycles. The molecule has 1 unspecified atom stereocenters. The second-order valence-electron chi connectivity index (χ2n) is 12.8. The lowest BCUT2D eigenvalue weighted by atomic mass is 9.57. The number of carboxylic acids is 2. The molecule has 0 rings (SSSR count). The van der Waals surface area contributed by atoms with Crippen LogP contribution in [0.1, 0.15) is 88.0 Å². The van der Waals surface area contributed by atoms with Crippen LogP contribution in [-0.4, -0.2) is 70.3 Å². The number of carbonyl (C=O) groups is 5. The summed E-state index contributed by atoms with van der Waals surface area (Å²) in [5.74, 6) is -4.84. The minimum Gasteiger partial charge on any atom is -0.481 e. The maximum absolute atomic E-state index is 13.3. The van der Waals surface area contributed by atoms with Gasteiger partial charge in [0.15, 0.2) is 0 Å². The van der Waals surface area contributed by atoms with Gasteiger partial charge in [-0.3, -0.25) is 9.59 Å². The Hall–Kier alpha value is -3.54. The van der Waals surface area contributed by atoms with Crippen LogP contribution in [0.25, 0.3) is 10.4 Å². The molecule has 0 spiro atoms. The topological polar surface area (TPSA) is 220 Å². The van der Waals surface area contributed by atoms with Crippen LogP contribution < -0.4 is 16.0 Å². The Morgan fingerprint density at radius 2 is 1.52 bits per heavy atom. The third-order valence-corrected chi connectivity index (χ3v) is 6.29. The molecule has 0 saturated carbocycles. The molecule has 14 nitrogen and oxygen atoms in total. The molecule has 14 heteroatoms. The van der Waals surface area contributed by atoms with Crippen molar-refractivity contribution in [1.82, 2.24) is 16.0 Å². The van der Waals surface area contributed by atoms with Crippen molar-refractivity contribution < 1.29 is 38.9 Å². The fraction of sp³-hybridized carbons (Fsp3) is 0.808. The van der Waals surface area contributed by atoms with Crippen molar-refractivity contribution in [1.29, 1.82) is 0 Å². The van der Waals surface area contributed by atoms with Crippen molar-refractivity contribution in [2.24, 2.45) is 21.9 Å². The number of amides is 3. The van der Waals surface area contributed by atoms with Crippen LogP contribution in [0.4, 0.5) is 4.79 Å². The van der Waals surface area contributed by atoms with E-state index in [2.05, 4.69) is 26.0 Å². The van der Waals surface area contributed by atoms with Crippen LogP contribution in [0.3, 0.4) is 0 Å². The standard InChI is InChI=1S/C26H46N6O8/c1-23(2,3)17(14-19(34)35)26(21(37)38,24(4,5)6)31-22(39)30-16(20(36)40-25(7,8)9)12-10-11-13-28-18(33)15-29-32-27/h16-17H,10-15H2,1-9H3,(H,28,33)(H,34,35)(H,37,38)(H2,30,31,39)/t16-,17?,26+/m0/s1. The average Bonchev–Trinajstić information content (AvgIpc) is 2.75. The van der Waals surface area contributed by atoms with Gasteiger partial charge in [0.05, 0.1) is 6.42 Å². The molecule has 0 bridgehead atoms. The number of hydrogen-bond acceptors (Lipinski definition) is 7. The van der Waals surface area contributed by atoms with Gasteiger partial charge < -0.3 is 30.9 Å². The monoisotopic (exact) mass is 570 g/mol. The third-order valence-electron chi connectivity index (χ3n) is 6.29. The maximum Gasteiger partial charge on any atom is 0.330 e. The Morgan fingerprint density at radius 3 is 1.95 bits per heavy atom. The molecular formula is C26H46N6O8. The van der Waals surface area contributed by atoms with Gasteiger partial charge in [-0.2, -0.15) is 0 Å². The highest BCUT2D eigenvalue weighted by molar-refractivity contribution is 5.90. The molecule has 0 fully saturated rings. The summed E-state index contributed by atoms with van der Waals surface area (Å²) in [5.41, 5.74) is 3.41. The number of azide groups is 1. The zero-order valence-corrected chi connectivity index (χ0v) is 25.1. The lowest BCUT2D eigenvalue weighted by Gasteiger charge is -2.51. The van der Waals surface area contributed by atoms with Crippen molar-refractivity contribution in [3.8, 4) is 0 Å². The summed E-state index contributed by atoms with van der Waals surface area (Å²) in [5, 5.41) is 30.9. The molecule has 0 aliphatic heterocycles. The van der Waals surface area contributed by atoms with Crippen LogP contribution in [0.2, 0.25) is 0 Å². The number of nitrogens with zero attached hydrogens (tertiary/aromatic N) is 3. The van der Waals surface area contributed by atoms with Crippen LogP contribution in [0.5, 0.6) is 0 Å². The van der Waals surface area contributed by atoms with E-state index in [-0.39, 0.29) is 19.5 Å². The first kappa shape index (κ1) is 36.5. The van der Waals surface area contributed by atoms with Gasteiger partial charge in [-0.1, -0.05) is 46.7 Å². The van der Waals surface area contributed by atoms with Crippen molar-refractivity contribution in [3.05, 3.63) is 10.4 Å². The highest BCUT2D eigenvalue weighted by atomic mass is 16.6. The summed E-state index contributed by atoms with van der Waals surface area (Å²) < 4.78 is 5.45. The van der Waals surface area contributed by atoms with Crippen LogP contribution >= 0.6 is 0 Å². The van der Waals surface area contributed by atoms with E-state index in [0.717, 1.165) is 0 Å². The second-order valence-corrected chi connectivity index (χ2v) is 12.8. The normalized spacial score (nSPS) is 14.9. The molecule has 0 aromatic rings. The zero-order chi connectivity index (χ0) is 31.5. The molecule has 0 aromatic heterocycles. The fourth-order valence-corrected chi connectivity index (χ4v) is 4.45. The number of esters is 1. The van der Waals surface area contributed by atoms with Crippen molar-refractivity contribution >= 4 is 29.8 Å². The van der Waals surface area contributed by atoms with E-state index < -0.39 is 70.2 Å². The number of nitrogens with one attached hydrogen (secondary N) is 3. The Bertz CT molecular complexity index is 973. The van der Waals surface area contributed by atoms with Crippen LogP contribution in [-0.2, 0) is 23.9 Å². The molecule has 3 atom stereocenters. The Labute approximate surface area is 235 Å². The minimum atomic E-state index is -2.03. The van der Waals surface area contributed by atoms with Gasteiger partial charge in [-0.25, -0.2) is 14.4 Å². The number of carbonyl (C=O) groups excluding carboxylic acids is 3. The molecule has 5 N–H and O–H groups in total. The summed E-state index contributed by atoms with van der Waals surface area (Å²) >= 11 is 0. The largest absolute Gasteiger partial charge is 0.481 e. The number of rotatable bonds is 14. The predicted molar refractivity (Wildman–Crippen MR) is 147 cm³/mol. The highest BCUT2D eigenvalue weighted by Gasteiger charge is 2.59. The quantitative estimate of drug-likeness (QED) is 0.0681. The number of aliphatic carboxylic acids is 2. The molecular weight excluding hydrogens is 524 g/mol. The number of hydrogen-bond donors (Lipinski definition) is 5. The summed E-state index contributed by atoms with van der Waals surface area (Å²) in [4.78, 5) is 65.0. The summed E-state index contributed by atoms with van der Waals surface area (Å²) in [6.45, 7) is 14.8. The zero-order valence-electron chi connectivity index (χ0n) is 25.1. The number of carboxylic acid groups (broad SMARTS) is 2. The molecule has 3 amide bonds. The number of urea groups is 1. The number of unbranched alkanes of at least 4 members (excludes halogenated alkanes) is 1. The molecule has 0 aliphatic rings. The van der Waals surface area contributed by atoms with E-state index in [4.69, 9.17) is 10.3 Å². The smallest absolute Gasteiger partial charge is 0.330 e.